The molecule has 0 atom stereocenters. The lowest BCUT2D eigenvalue weighted by Gasteiger charge is -2.13. The van der Waals surface area contributed by atoms with Gasteiger partial charge in [0, 0.05) is 16.7 Å². The Kier molecular flexibility index (Phi) is 5.18. The maximum atomic E-state index is 11.9. The molecule has 3 N–H and O–H groups in total. The molecule has 0 unspecified atom stereocenters. The number of amides is 2. The highest BCUT2D eigenvalue weighted by Crippen LogP contribution is 2.22. The van der Waals surface area contributed by atoms with E-state index in [0.29, 0.717) is 5.69 Å². The highest BCUT2D eigenvalue weighted by Gasteiger charge is 2.30. The van der Waals surface area contributed by atoms with Crippen LogP contribution in [0.1, 0.15) is 0 Å². The number of aliphatic carboxylic acids is 1. The molecule has 1 aromatic carbocycles. The van der Waals surface area contributed by atoms with Crippen LogP contribution in [0.15, 0.2) is 40.9 Å². The van der Waals surface area contributed by atoms with Crippen LogP contribution in [0, 0.1) is 0 Å². The Morgan fingerprint density at radius 1 is 1.23 bits per heavy atom. The molecule has 0 radical (unpaired) electrons. The standard InChI is InChI=1S/C14H14N2O5S/c17-6-5-16-12(18)7-11(14(16)21)15-9-1-3-10(4-2-9)22-8-13(19)20/h1-4,7,15,17H,5-6,8H2,(H,19,20). The lowest BCUT2D eigenvalue weighted by molar-refractivity contribution is -0.138. The molecule has 22 heavy (non-hydrogen) atoms. The summed E-state index contributed by atoms with van der Waals surface area (Å²) < 4.78 is 0. The molecule has 1 aromatic rings. The van der Waals surface area contributed by atoms with Gasteiger partial charge in [0.15, 0.2) is 0 Å². The van der Waals surface area contributed by atoms with E-state index in [9.17, 15) is 14.4 Å². The number of carboxylic acids is 1. The van der Waals surface area contributed by atoms with Gasteiger partial charge in [0.05, 0.1) is 18.9 Å². The lowest BCUT2D eigenvalue weighted by Crippen LogP contribution is -2.34. The third-order valence-corrected chi connectivity index (χ3v) is 3.83. The van der Waals surface area contributed by atoms with E-state index in [0.717, 1.165) is 9.80 Å². The summed E-state index contributed by atoms with van der Waals surface area (Å²) in [6.45, 7) is -0.321. The van der Waals surface area contributed by atoms with Gasteiger partial charge in [-0.3, -0.25) is 19.3 Å². The highest BCUT2D eigenvalue weighted by atomic mass is 32.2. The van der Waals surface area contributed by atoms with E-state index in [2.05, 4.69) is 5.32 Å². The fourth-order valence-electron chi connectivity index (χ4n) is 1.84. The number of hydrogen-bond acceptors (Lipinski definition) is 6. The zero-order valence-electron chi connectivity index (χ0n) is 11.5. The van der Waals surface area contributed by atoms with Crippen molar-refractivity contribution < 1.29 is 24.6 Å². The highest BCUT2D eigenvalue weighted by molar-refractivity contribution is 8.00. The van der Waals surface area contributed by atoms with Crippen molar-refractivity contribution in [3.05, 3.63) is 36.0 Å². The van der Waals surface area contributed by atoms with Crippen LogP contribution in [0.2, 0.25) is 0 Å². The van der Waals surface area contributed by atoms with Gasteiger partial charge in [-0.15, -0.1) is 11.8 Å². The second-order valence-corrected chi connectivity index (χ2v) is 5.46. The molecule has 0 spiro atoms. The minimum Gasteiger partial charge on any atom is -0.481 e. The molecule has 7 nitrogen and oxygen atoms in total. The van der Waals surface area contributed by atoms with Crippen LogP contribution in [-0.2, 0) is 14.4 Å². The number of carbonyl (C=O) groups is 3. The first-order valence-electron chi connectivity index (χ1n) is 6.41. The Balaban J connectivity index is 1.99. The summed E-state index contributed by atoms with van der Waals surface area (Å²) in [6.07, 6.45) is 1.19. The van der Waals surface area contributed by atoms with E-state index < -0.39 is 17.8 Å². The molecule has 0 saturated heterocycles. The average Bonchev–Trinajstić information content (AvgIpc) is 2.74. The molecule has 0 aromatic heterocycles. The van der Waals surface area contributed by atoms with Gasteiger partial charge in [-0.25, -0.2) is 0 Å². The van der Waals surface area contributed by atoms with Gasteiger partial charge in [-0.2, -0.15) is 0 Å². The van der Waals surface area contributed by atoms with E-state index in [1.165, 1.54) is 17.8 Å². The normalized spacial score (nSPS) is 14.2. The number of carboxylic acid groups (broad SMARTS) is 1. The quantitative estimate of drug-likeness (QED) is 0.496. The molecule has 0 aliphatic carbocycles. The van der Waals surface area contributed by atoms with Crippen LogP contribution < -0.4 is 5.32 Å². The molecule has 2 rings (SSSR count). The number of rotatable bonds is 7. The van der Waals surface area contributed by atoms with Crippen molar-refractivity contribution in [2.75, 3.05) is 24.2 Å². The maximum Gasteiger partial charge on any atom is 0.313 e. The van der Waals surface area contributed by atoms with E-state index in [1.807, 2.05) is 0 Å². The van der Waals surface area contributed by atoms with E-state index >= 15 is 0 Å². The number of anilines is 1. The minimum atomic E-state index is -0.892. The number of hydrogen-bond donors (Lipinski definition) is 3. The smallest absolute Gasteiger partial charge is 0.313 e. The molecule has 0 fully saturated rings. The fourth-order valence-corrected chi connectivity index (χ4v) is 2.46. The molecular weight excluding hydrogens is 308 g/mol. The molecule has 116 valence electrons. The predicted molar refractivity (Wildman–Crippen MR) is 80.3 cm³/mol. The molecule has 1 aliphatic heterocycles. The van der Waals surface area contributed by atoms with Crippen molar-refractivity contribution in [1.29, 1.82) is 0 Å². The summed E-state index contributed by atoms with van der Waals surface area (Å²) in [5.41, 5.74) is 0.752. The van der Waals surface area contributed by atoms with Gasteiger partial charge in [0.25, 0.3) is 11.8 Å². The zero-order valence-corrected chi connectivity index (χ0v) is 12.3. The number of aliphatic hydroxyl groups excluding tert-OH is 1. The van der Waals surface area contributed by atoms with Gasteiger partial charge in [-0.1, -0.05) is 0 Å². The topological polar surface area (TPSA) is 107 Å². The lowest BCUT2D eigenvalue weighted by atomic mass is 10.3. The number of β-amino-alcohol motifs (C(OH)–C–C–N with tert-alkyl or cyclic N) is 1. The largest absolute Gasteiger partial charge is 0.481 e. The van der Waals surface area contributed by atoms with Crippen molar-refractivity contribution in [3.8, 4) is 0 Å². The number of imide groups is 1. The van der Waals surface area contributed by atoms with Crippen molar-refractivity contribution in [1.82, 2.24) is 4.90 Å². The Labute approximate surface area is 130 Å². The average molecular weight is 322 g/mol. The van der Waals surface area contributed by atoms with Gasteiger partial charge < -0.3 is 15.5 Å². The number of carbonyl (C=O) groups excluding carboxylic acids is 2. The van der Waals surface area contributed by atoms with Crippen LogP contribution in [0.3, 0.4) is 0 Å². The summed E-state index contributed by atoms with van der Waals surface area (Å²) >= 11 is 1.19. The molecule has 0 saturated carbocycles. The zero-order chi connectivity index (χ0) is 16.1. The molecule has 2 amide bonds. The first-order chi connectivity index (χ1) is 10.5. The van der Waals surface area contributed by atoms with Crippen LogP contribution in [-0.4, -0.2) is 51.8 Å². The van der Waals surface area contributed by atoms with Crippen molar-refractivity contribution >= 4 is 35.2 Å². The number of benzene rings is 1. The minimum absolute atomic E-state index is 0.0268. The monoisotopic (exact) mass is 322 g/mol. The van der Waals surface area contributed by atoms with Crippen LogP contribution >= 0.6 is 11.8 Å². The molecular formula is C14H14N2O5S. The molecule has 1 heterocycles. The third-order valence-electron chi connectivity index (χ3n) is 2.83. The predicted octanol–water partition coefficient (Wildman–Crippen LogP) is 0.520. The summed E-state index contributed by atoms with van der Waals surface area (Å²) in [6, 6.07) is 6.83. The molecule has 1 aliphatic rings. The van der Waals surface area contributed by atoms with Gasteiger partial charge >= 0.3 is 5.97 Å². The Bertz CT molecular complexity index is 627. The van der Waals surface area contributed by atoms with E-state index in [1.54, 1.807) is 24.3 Å². The number of nitrogens with one attached hydrogen (secondary N) is 1. The fraction of sp³-hybridized carbons (Fsp3) is 0.214. The number of aliphatic hydroxyl groups is 1. The molecule has 0 bridgehead atoms. The Morgan fingerprint density at radius 3 is 2.50 bits per heavy atom. The Morgan fingerprint density at radius 2 is 1.91 bits per heavy atom. The van der Waals surface area contributed by atoms with Gasteiger partial charge in [-0.05, 0) is 24.3 Å². The van der Waals surface area contributed by atoms with Gasteiger partial charge in [0.2, 0.25) is 0 Å². The van der Waals surface area contributed by atoms with E-state index in [-0.39, 0.29) is 24.6 Å². The summed E-state index contributed by atoms with van der Waals surface area (Å²) in [5, 5.41) is 20.3. The van der Waals surface area contributed by atoms with Crippen molar-refractivity contribution in [2.45, 2.75) is 4.90 Å². The SMILES string of the molecule is O=C(O)CSc1ccc(NC2=CC(=O)N(CCO)C2=O)cc1. The second-order valence-electron chi connectivity index (χ2n) is 4.41. The third kappa shape index (κ3) is 3.86. The summed E-state index contributed by atoms with van der Waals surface area (Å²) in [7, 11) is 0. The van der Waals surface area contributed by atoms with Crippen molar-refractivity contribution in [2.24, 2.45) is 0 Å². The first kappa shape index (κ1) is 16.1. The Hall–Kier alpha value is -2.32. The van der Waals surface area contributed by atoms with Crippen LogP contribution in [0.4, 0.5) is 5.69 Å². The summed E-state index contributed by atoms with van der Waals surface area (Å²) in [5.74, 6) is -1.86. The van der Waals surface area contributed by atoms with Crippen LogP contribution in [0.5, 0.6) is 0 Å². The van der Waals surface area contributed by atoms with Crippen molar-refractivity contribution in [3.63, 3.8) is 0 Å². The van der Waals surface area contributed by atoms with Gasteiger partial charge in [0.1, 0.15) is 5.70 Å². The summed E-state index contributed by atoms with van der Waals surface area (Å²) in [4.78, 5) is 35.8. The number of nitrogens with zero attached hydrogens (tertiary/aromatic N) is 1. The maximum absolute atomic E-state index is 11.9. The van der Waals surface area contributed by atoms with Crippen LogP contribution in [0.25, 0.3) is 0 Å². The number of thioether (sulfide) groups is 1. The molecule has 8 heteroatoms. The second kappa shape index (κ2) is 7.10. The first-order valence-corrected chi connectivity index (χ1v) is 7.40. The van der Waals surface area contributed by atoms with E-state index in [4.69, 9.17) is 10.2 Å².